The molecule has 2 aromatic heterocycles. The first-order valence-electron chi connectivity index (χ1n) is 11.3. The van der Waals surface area contributed by atoms with E-state index in [9.17, 15) is 18.0 Å². The van der Waals surface area contributed by atoms with Crippen LogP contribution in [-0.4, -0.2) is 49.7 Å². The molecule has 0 saturated carbocycles. The van der Waals surface area contributed by atoms with Gasteiger partial charge in [-0.15, -0.1) is 22.7 Å². The summed E-state index contributed by atoms with van der Waals surface area (Å²) < 4.78 is 31.2. The minimum atomic E-state index is -3.58. The molecule has 36 heavy (non-hydrogen) atoms. The summed E-state index contributed by atoms with van der Waals surface area (Å²) in [5, 5.41) is 4.34. The van der Waals surface area contributed by atoms with Crippen LogP contribution < -0.4 is 5.32 Å². The first kappa shape index (κ1) is 24.4. The Balaban J connectivity index is 1.44. The number of para-hydroxylation sites is 1. The van der Waals surface area contributed by atoms with Crippen molar-refractivity contribution in [2.75, 3.05) is 24.7 Å². The number of benzene rings is 2. The molecule has 8 nitrogen and oxygen atoms in total. The van der Waals surface area contributed by atoms with E-state index in [1.165, 1.54) is 41.9 Å². The summed E-state index contributed by atoms with van der Waals surface area (Å²) in [7, 11) is -2.22. The Kier molecular flexibility index (Phi) is 6.78. The van der Waals surface area contributed by atoms with E-state index in [1.54, 1.807) is 23.1 Å². The second-order valence-electron chi connectivity index (χ2n) is 8.27. The van der Waals surface area contributed by atoms with Crippen LogP contribution in [0, 0.1) is 0 Å². The molecule has 0 saturated heterocycles. The number of hydrogen-bond acceptors (Lipinski definition) is 8. The molecule has 1 N–H and O–H groups in total. The zero-order chi connectivity index (χ0) is 25.3. The lowest BCUT2D eigenvalue weighted by molar-refractivity contribution is -0.115. The number of hydrogen-bond donors (Lipinski definition) is 1. The van der Waals surface area contributed by atoms with Gasteiger partial charge in [-0.05, 0) is 36.2 Å². The van der Waals surface area contributed by atoms with Crippen molar-refractivity contribution in [2.45, 2.75) is 24.3 Å². The highest BCUT2D eigenvalue weighted by molar-refractivity contribution is 7.91. The number of ether oxygens (including phenoxy) is 1. The van der Waals surface area contributed by atoms with E-state index in [0.717, 1.165) is 31.2 Å². The molecular weight excluding hydrogens is 518 g/mol. The SMILES string of the molecule is COC(=O)N1CCc2c(sc(NC(=O)CCS(=O)(=O)c3ccccc3)c2-c2nc3ccccc3s2)C1. The Morgan fingerprint density at radius 3 is 2.58 bits per heavy atom. The number of carbonyl (C=O) groups excluding carboxylic acids is 2. The molecule has 1 aliphatic rings. The number of thiophene rings is 1. The fourth-order valence-corrected chi connectivity index (χ4v) is 7.80. The van der Waals surface area contributed by atoms with Crippen LogP contribution >= 0.6 is 22.7 Å². The summed E-state index contributed by atoms with van der Waals surface area (Å²) in [6.07, 6.45) is 0.0324. The van der Waals surface area contributed by atoms with Gasteiger partial charge in [-0.1, -0.05) is 30.3 Å². The monoisotopic (exact) mass is 541 g/mol. The van der Waals surface area contributed by atoms with Gasteiger partial charge in [0.2, 0.25) is 5.91 Å². The van der Waals surface area contributed by atoms with Crippen molar-refractivity contribution in [3.8, 4) is 10.6 Å². The molecule has 0 bridgehead atoms. The number of nitrogens with one attached hydrogen (secondary N) is 1. The number of fused-ring (bicyclic) bond motifs is 2. The third-order valence-electron chi connectivity index (χ3n) is 5.95. The van der Waals surface area contributed by atoms with Crippen LogP contribution in [-0.2, 0) is 32.3 Å². The molecule has 0 atom stereocenters. The van der Waals surface area contributed by atoms with Gasteiger partial charge in [-0.3, -0.25) is 4.79 Å². The van der Waals surface area contributed by atoms with E-state index in [1.807, 2.05) is 24.3 Å². The molecule has 11 heteroatoms. The van der Waals surface area contributed by atoms with Crippen LogP contribution in [0.25, 0.3) is 20.8 Å². The Morgan fingerprint density at radius 1 is 1.08 bits per heavy atom. The highest BCUT2D eigenvalue weighted by Gasteiger charge is 2.30. The second-order valence-corrected chi connectivity index (χ2v) is 12.5. The van der Waals surface area contributed by atoms with E-state index in [0.29, 0.717) is 24.5 Å². The van der Waals surface area contributed by atoms with Gasteiger partial charge in [-0.2, -0.15) is 0 Å². The molecule has 0 radical (unpaired) electrons. The molecule has 0 fully saturated rings. The highest BCUT2D eigenvalue weighted by atomic mass is 32.2. The number of rotatable bonds is 6. The summed E-state index contributed by atoms with van der Waals surface area (Å²) in [4.78, 5) is 32.6. The van der Waals surface area contributed by atoms with Crippen molar-refractivity contribution < 1.29 is 22.7 Å². The number of carbonyl (C=O) groups is 2. The van der Waals surface area contributed by atoms with Crippen LogP contribution in [0.5, 0.6) is 0 Å². The smallest absolute Gasteiger partial charge is 0.409 e. The minimum absolute atomic E-state index is 0.173. The summed E-state index contributed by atoms with van der Waals surface area (Å²) in [5.41, 5.74) is 2.77. The first-order chi connectivity index (χ1) is 17.4. The van der Waals surface area contributed by atoms with Crippen molar-refractivity contribution in [1.82, 2.24) is 9.88 Å². The Labute approximate surface area is 216 Å². The lowest BCUT2D eigenvalue weighted by atomic mass is 10.0. The van der Waals surface area contributed by atoms with Gasteiger partial charge in [0.05, 0.1) is 34.5 Å². The number of sulfone groups is 1. The average molecular weight is 542 g/mol. The highest BCUT2D eigenvalue weighted by Crippen LogP contribution is 2.45. The van der Waals surface area contributed by atoms with Gasteiger partial charge in [-0.25, -0.2) is 18.2 Å². The van der Waals surface area contributed by atoms with Crippen molar-refractivity contribution in [1.29, 1.82) is 0 Å². The molecule has 5 rings (SSSR count). The summed E-state index contributed by atoms with van der Waals surface area (Å²) in [6, 6.07) is 15.9. The average Bonchev–Trinajstić information content (AvgIpc) is 3.47. The number of anilines is 1. The van der Waals surface area contributed by atoms with E-state index in [-0.39, 0.29) is 23.0 Å². The van der Waals surface area contributed by atoms with Gasteiger partial charge in [0.25, 0.3) is 0 Å². The minimum Gasteiger partial charge on any atom is -0.453 e. The summed E-state index contributed by atoms with van der Waals surface area (Å²) >= 11 is 2.93. The van der Waals surface area contributed by atoms with Crippen molar-refractivity contribution in [3.05, 3.63) is 65.0 Å². The number of methoxy groups -OCH3 is 1. The summed E-state index contributed by atoms with van der Waals surface area (Å²) in [5.74, 6) is -0.680. The fourth-order valence-electron chi connectivity index (χ4n) is 4.14. The zero-order valence-corrected chi connectivity index (χ0v) is 21.8. The largest absolute Gasteiger partial charge is 0.453 e. The summed E-state index contributed by atoms with van der Waals surface area (Å²) in [6.45, 7) is 0.875. The number of aromatic nitrogens is 1. The molecule has 186 valence electrons. The fraction of sp³-hybridized carbons (Fsp3) is 0.240. The predicted octanol–water partition coefficient (Wildman–Crippen LogP) is 4.95. The topological polar surface area (TPSA) is 106 Å². The second kappa shape index (κ2) is 10.00. The van der Waals surface area contributed by atoms with Crippen LogP contribution in [0.4, 0.5) is 9.80 Å². The third-order valence-corrected chi connectivity index (χ3v) is 9.87. The Morgan fingerprint density at radius 2 is 1.83 bits per heavy atom. The van der Waals surface area contributed by atoms with Crippen LogP contribution in [0.2, 0.25) is 0 Å². The predicted molar refractivity (Wildman–Crippen MR) is 141 cm³/mol. The van der Waals surface area contributed by atoms with E-state index >= 15 is 0 Å². The number of nitrogens with zero attached hydrogens (tertiary/aromatic N) is 2. The maximum Gasteiger partial charge on any atom is 0.409 e. The Hall–Kier alpha value is -3.28. The Bertz CT molecular complexity index is 1510. The van der Waals surface area contributed by atoms with Crippen LogP contribution in [0.3, 0.4) is 0 Å². The number of amides is 2. The molecule has 0 spiro atoms. The van der Waals surface area contributed by atoms with Crippen molar-refractivity contribution in [2.24, 2.45) is 0 Å². The molecule has 4 aromatic rings. The molecule has 1 aliphatic heterocycles. The molecule has 0 aliphatic carbocycles. The van der Waals surface area contributed by atoms with Gasteiger partial charge in [0.15, 0.2) is 9.84 Å². The zero-order valence-electron chi connectivity index (χ0n) is 19.4. The number of thiazole rings is 1. The molecule has 0 unspecified atom stereocenters. The molecular formula is C25H23N3O5S3. The van der Waals surface area contributed by atoms with E-state index in [2.05, 4.69) is 5.32 Å². The lowest BCUT2D eigenvalue weighted by Gasteiger charge is -2.25. The maximum absolute atomic E-state index is 12.9. The lowest BCUT2D eigenvalue weighted by Crippen LogP contribution is -2.35. The third kappa shape index (κ3) is 4.86. The quantitative estimate of drug-likeness (QED) is 0.370. The van der Waals surface area contributed by atoms with Crippen molar-refractivity contribution >= 4 is 59.7 Å². The molecule has 2 amide bonds. The van der Waals surface area contributed by atoms with Gasteiger partial charge in [0, 0.05) is 23.4 Å². The maximum atomic E-state index is 12.9. The molecule has 2 aromatic carbocycles. The van der Waals surface area contributed by atoms with Gasteiger partial charge < -0.3 is 15.0 Å². The normalized spacial score (nSPS) is 13.4. The van der Waals surface area contributed by atoms with Crippen LogP contribution in [0.15, 0.2) is 59.5 Å². The standard InChI is InChI=1S/C25H23N3O5S3/c1-33-25(30)28-13-11-17-20(15-28)35-24(22(17)23-26-18-9-5-6-10-19(18)34-23)27-21(29)12-14-36(31,32)16-7-3-2-4-8-16/h2-10H,11-15H2,1H3,(H,27,29). The van der Waals surface area contributed by atoms with E-state index < -0.39 is 15.9 Å². The van der Waals surface area contributed by atoms with Gasteiger partial charge in [0.1, 0.15) is 10.0 Å². The first-order valence-corrected chi connectivity index (χ1v) is 14.6. The van der Waals surface area contributed by atoms with Crippen LogP contribution in [0.1, 0.15) is 16.9 Å². The van der Waals surface area contributed by atoms with Crippen molar-refractivity contribution in [3.63, 3.8) is 0 Å². The van der Waals surface area contributed by atoms with E-state index in [4.69, 9.17) is 9.72 Å². The molecule has 3 heterocycles. The van der Waals surface area contributed by atoms with Gasteiger partial charge >= 0.3 is 6.09 Å².